The number of hydrogen-bond donors (Lipinski definition) is 1. The Kier molecular flexibility index (Phi) is 7.57. The topological polar surface area (TPSA) is 78.8 Å². The third-order valence-corrected chi connectivity index (χ3v) is 6.48. The van der Waals surface area contributed by atoms with Crippen LogP contribution in [0.25, 0.3) is 0 Å². The fourth-order valence-electron chi connectivity index (χ4n) is 2.89. The zero-order valence-electron chi connectivity index (χ0n) is 16.9. The van der Waals surface area contributed by atoms with Gasteiger partial charge in [-0.3, -0.25) is 4.79 Å². The molecular weight excluding hydrogens is 434 g/mol. The van der Waals surface area contributed by atoms with Gasteiger partial charge in [0.25, 0.3) is 5.91 Å². The summed E-state index contributed by atoms with van der Waals surface area (Å²) in [6.07, 6.45) is 1.51. The minimum absolute atomic E-state index is 0.0425. The Bertz CT molecular complexity index is 1160. The number of amides is 1. The highest BCUT2D eigenvalue weighted by Gasteiger charge is 2.26. The van der Waals surface area contributed by atoms with E-state index in [0.717, 1.165) is 21.0 Å². The van der Waals surface area contributed by atoms with Crippen molar-refractivity contribution in [2.75, 3.05) is 6.54 Å². The van der Waals surface area contributed by atoms with E-state index in [9.17, 15) is 13.2 Å². The minimum Gasteiger partial charge on any atom is -0.272 e. The molecule has 0 fully saturated rings. The Balaban J connectivity index is 1.77. The zero-order valence-corrected chi connectivity index (χ0v) is 18.5. The number of benzene rings is 3. The summed E-state index contributed by atoms with van der Waals surface area (Å²) in [4.78, 5) is 12.5. The Morgan fingerprint density at radius 3 is 2.42 bits per heavy atom. The van der Waals surface area contributed by atoms with E-state index in [2.05, 4.69) is 10.5 Å². The van der Waals surface area contributed by atoms with Crippen LogP contribution in [0, 0.1) is 6.92 Å². The van der Waals surface area contributed by atoms with Crippen LogP contribution in [0.15, 0.2) is 88.9 Å². The molecule has 31 heavy (non-hydrogen) atoms. The second-order valence-electron chi connectivity index (χ2n) is 6.92. The van der Waals surface area contributed by atoms with Crippen molar-refractivity contribution in [1.29, 1.82) is 0 Å². The summed E-state index contributed by atoms with van der Waals surface area (Å²) >= 11 is 5.88. The van der Waals surface area contributed by atoms with Gasteiger partial charge in [0.1, 0.15) is 0 Å². The second-order valence-corrected chi connectivity index (χ2v) is 9.29. The van der Waals surface area contributed by atoms with Crippen molar-refractivity contribution < 1.29 is 13.2 Å². The molecule has 0 saturated carbocycles. The molecule has 0 atom stereocenters. The average molecular weight is 456 g/mol. The number of nitrogens with zero attached hydrogens (tertiary/aromatic N) is 2. The van der Waals surface area contributed by atoms with E-state index in [0.29, 0.717) is 5.02 Å². The fraction of sp³-hybridized carbons (Fsp3) is 0.130. The van der Waals surface area contributed by atoms with Gasteiger partial charge in [0, 0.05) is 11.6 Å². The quantitative estimate of drug-likeness (QED) is 0.412. The van der Waals surface area contributed by atoms with Crippen LogP contribution in [-0.4, -0.2) is 31.4 Å². The van der Waals surface area contributed by atoms with Crippen LogP contribution in [0.4, 0.5) is 0 Å². The standard InChI is InChI=1S/C23H22ClN3O3S/c1-18-6-5-9-20(14-18)15-25-26-23(28)17-27(16-19-7-3-2-4-8-19)31(29,30)22-12-10-21(24)11-13-22/h2-15H,16-17H2,1H3,(H,26,28). The van der Waals surface area contributed by atoms with Crippen LogP contribution >= 0.6 is 11.6 Å². The maximum Gasteiger partial charge on any atom is 0.255 e. The molecule has 0 bridgehead atoms. The van der Waals surface area contributed by atoms with Crippen molar-refractivity contribution >= 4 is 33.7 Å². The molecule has 3 rings (SSSR count). The van der Waals surface area contributed by atoms with Crippen molar-refractivity contribution in [2.45, 2.75) is 18.4 Å². The van der Waals surface area contributed by atoms with Crippen LogP contribution in [0.3, 0.4) is 0 Å². The van der Waals surface area contributed by atoms with Crippen molar-refractivity contribution in [3.8, 4) is 0 Å². The van der Waals surface area contributed by atoms with Gasteiger partial charge in [-0.25, -0.2) is 13.8 Å². The van der Waals surface area contributed by atoms with Gasteiger partial charge in [0.15, 0.2) is 0 Å². The van der Waals surface area contributed by atoms with Crippen LogP contribution in [0.1, 0.15) is 16.7 Å². The number of nitrogens with one attached hydrogen (secondary N) is 1. The van der Waals surface area contributed by atoms with E-state index in [-0.39, 0.29) is 18.0 Å². The molecule has 6 nitrogen and oxygen atoms in total. The first kappa shape index (κ1) is 22.7. The number of sulfonamides is 1. The highest BCUT2D eigenvalue weighted by atomic mass is 35.5. The monoisotopic (exact) mass is 455 g/mol. The molecule has 0 aliphatic rings. The smallest absolute Gasteiger partial charge is 0.255 e. The number of aryl methyl sites for hydroxylation is 1. The van der Waals surface area contributed by atoms with E-state index < -0.39 is 15.9 Å². The number of hydrazone groups is 1. The number of carbonyl (C=O) groups is 1. The van der Waals surface area contributed by atoms with Gasteiger partial charge >= 0.3 is 0 Å². The summed E-state index contributed by atoms with van der Waals surface area (Å²) in [6, 6.07) is 22.5. The van der Waals surface area contributed by atoms with E-state index in [4.69, 9.17) is 11.6 Å². The molecule has 3 aromatic rings. The zero-order chi connectivity index (χ0) is 22.3. The average Bonchev–Trinajstić information content (AvgIpc) is 2.74. The first-order valence-corrected chi connectivity index (χ1v) is 11.3. The van der Waals surface area contributed by atoms with Crippen LogP contribution in [0.2, 0.25) is 5.02 Å². The van der Waals surface area contributed by atoms with Gasteiger partial charge in [-0.05, 0) is 42.3 Å². The maximum atomic E-state index is 13.2. The molecule has 0 aliphatic heterocycles. The molecule has 1 N–H and O–H groups in total. The molecule has 3 aromatic carbocycles. The lowest BCUT2D eigenvalue weighted by molar-refractivity contribution is -0.121. The highest BCUT2D eigenvalue weighted by molar-refractivity contribution is 7.89. The van der Waals surface area contributed by atoms with E-state index in [1.807, 2.05) is 49.4 Å². The minimum atomic E-state index is -3.93. The van der Waals surface area contributed by atoms with Gasteiger partial charge in [-0.15, -0.1) is 0 Å². The molecule has 0 spiro atoms. The Hall–Kier alpha value is -3.00. The van der Waals surface area contributed by atoms with Gasteiger partial charge in [-0.1, -0.05) is 71.8 Å². The molecule has 8 heteroatoms. The summed E-state index contributed by atoms with van der Waals surface area (Å²) in [5, 5.41) is 4.37. The number of halogens is 1. The maximum absolute atomic E-state index is 13.2. The van der Waals surface area contributed by atoms with Gasteiger partial charge in [0.2, 0.25) is 10.0 Å². The molecule has 0 unspecified atom stereocenters. The van der Waals surface area contributed by atoms with E-state index >= 15 is 0 Å². The Labute approximate surface area is 187 Å². The SMILES string of the molecule is Cc1cccc(C=NNC(=O)CN(Cc2ccccc2)S(=O)(=O)c2ccc(Cl)cc2)c1. The van der Waals surface area contributed by atoms with Crippen LogP contribution < -0.4 is 5.43 Å². The predicted octanol–water partition coefficient (Wildman–Crippen LogP) is 3.99. The fourth-order valence-corrected chi connectivity index (χ4v) is 4.40. The number of carbonyl (C=O) groups excluding carboxylic acids is 1. The number of rotatable bonds is 8. The predicted molar refractivity (Wildman–Crippen MR) is 122 cm³/mol. The number of hydrogen-bond acceptors (Lipinski definition) is 4. The van der Waals surface area contributed by atoms with Gasteiger partial charge < -0.3 is 0 Å². The molecule has 0 saturated heterocycles. The lowest BCUT2D eigenvalue weighted by Gasteiger charge is -2.21. The van der Waals surface area contributed by atoms with Crippen molar-refractivity contribution in [3.05, 3.63) is 101 Å². The summed E-state index contributed by atoms with van der Waals surface area (Å²) in [7, 11) is -3.93. The molecule has 160 valence electrons. The second kappa shape index (κ2) is 10.3. The lowest BCUT2D eigenvalue weighted by Crippen LogP contribution is -2.39. The van der Waals surface area contributed by atoms with Crippen molar-refractivity contribution in [1.82, 2.24) is 9.73 Å². The van der Waals surface area contributed by atoms with Crippen molar-refractivity contribution in [3.63, 3.8) is 0 Å². The van der Waals surface area contributed by atoms with Crippen molar-refractivity contribution in [2.24, 2.45) is 5.10 Å². The molecule has 0 radical (unpaired) electrons. The van der Waals surface area contributed by atoms with Gasteiger partial charge in [0.05, 0.1) is 17.7 Å². The first-order valence-electron chi connectivity index (χ1n) is 9.53. The Morgan fingerprint density at radius 1 is 1.03 bits per heavy atom. The molecule has 1 amide bonds. The summed E-state index contributed by atoms with van der Waals surface area (Å²) in [5.41, 5.74) is 5.06. The molecule has 0 heterocycles. The first-order chi connectivity index (χ1) is 14.8. The van der Waals surface area contributed by atoms with Gasteiger partial charge in [-0.2, -0.15) is 9.41 Å². The molecule has 0 aliphatic carbocycles. The summed E-state index contributed by atoms with van der Waals surface area (Å²) in [6.45, 7) is 1.62. The van der Waals surface area contributed by atoms with Crippen LogP contribution in [0.5, 0.6) is 0 Å². The lowest BCUT2D eigenvalue weighted by atomic mass is 10.2. The van der Waals surface area contributed by atoms with E-state index in [1.165, 1.54) is 30.5 Å². The van der Waals surface area contributed by atoms with Crippen LogP contribution in [-0.2, 0) is 21.4 Å². The third-order valence-electron chi connectivity index (χ3n) is 4.42. The normalized spacial score (nSPS) is 11.7. The summed E-state index contributed by atoms with van der Waals surface area (Å²) < 4.78 is 27.5. The van der Waals surface area contributed by atoms with E-state index in [1.54, 1.807) is 12.1 Å². The Morgan fingerprint density at radius 2 is 1.74 bits per heavy atom. The largest absolute Gasteiger partial charge is 0.272 e. The highest BCUT2D eigenvalue weighted by Crippen LogP contribution is 2.20. The third kappa shape index (κ3) is 6.49. The molecule has 0 aromatic heterocycles. The summed E-state index contributed by atoms with van der Waals surface area (Å²) in [5.74, 6) is -0.544. The molecular formula is C23H22ClN3O3S.